The van der Waals surface area contributed by atoms with Crippen molar-refractivity contribution in [2.75, 3.05) is 0 Å². The molecule has 3 amide bonds. The second-order valence-corrected chi connectivity index (χ2v) is 5.95. The summed E-state index contributed by atoms with van der Waals surface area (Å²) >= 11 is 0. The van der Waals surface area contributed by atoms with E-state index in [2.05, 4.69) is 4.98 Å². The summed E-state index contributed by atoms with van der Waals surface area (Å²) in [6, 6.07) is 1.25. The number of aromatic nitrogens is 1. The van der Waals surface area contributed by atoms with Crippen molar-refractivity contribution >= 4 is 17.9 Å². The molecule has 0 saturated heterocycles. The lowest BCUT2D eigenvalue weighted by atomic mass is 9.91. The molecule has 1 aromatic heterocycles. The van der Waals surface area contributed by atoms with Crippen molar-refractivity contribution in [1.82, 2.24) is 15.3 Å². The van der Waals surface area contributed by atoms with Gasteiger partial charge in [-0.3, -0.25) is 20.0 Å². The Kier molecular flexibility index (Phi) is 4.34. The molecule has 128 valence electrons. The second kappa shape index (κ2) is 6.44. The molecule has 2 aliphatic rings. The Balaban J connectivity index is 1.84. The van der Waals surface area contributed by atoms with Crippen LogP contribution < -0.4 is 17.0 Å². The number of hydrogen-bond donors (Lipinski definition) is 3. The van der Waals surface area contributed by atoms with Crippen LogP contribution in [0, 0.1) is 0 Å². The van der Waals surface area contributed by atoms with E-state index in [4.69, 9.17) is 16.3 Å². The zero-order chi connectivity index (χ0) is 17.3. The molecule has 2 atom stereocenters. The van der Waals surface area contributed by atoms with Gasteiger partial charge in [-0.25, -0.2) is 10.6 Å². The first-order valence-electron chi connectivity index (χ1n) is 7.78. The molecule has 9 nitrogen and oxygen atoms in total. The minimum Gasteiger partial charge on any atom is -0.444 e. The number of amides is 3. The molecule has 0 spiro atoms. The van der Waals surface area contributed by atoms with Crippen LogP contribution in [0.1, 0.15) is 52.1 Å². The van der Waals surface area contributed by atoms with Crippen LogP contribution in [0.5, 0.6) is 0 Å². The number of ether oxygens (including phenoxy) is 1. The molecular formula is C15H19N5O4. The molecule has 9 heteroatoms. The molecule has 1 aliphatic heterocycles. The third-order valence-corrected chi connectivity index (χ3v) is 4.51. The lowest BCUT2D eigenvalue weighted by molar-refractivity contribution is 0.00866. The van der Waals surface area contributed by atoms with Gasteiger partial charge >= 0.3 is 6.09 Å². The zero-order valence-corrected chi connectivity index (χ0v) is 13.0. The number of pyridine rings is 1. The van der Waals surface area contributed by atoms with Crippen molar-refractivity contribution in [1.29, 1.82) is 0 Å². The molecule has 2 heterocycles. The van der Waals surface area contributed by atoms with Gasteiger partial charge in [-0.2, -0.15) is 0 Å². The number of nitrogens with zero attached hydrogens (tertiary/aromatic N) is 2. The van der Waals surface area contributed by atoms with Crippen LogP contribution in [-0.4, -0.2) is 39.9 Å². The fourth-order valence-electron chi connectivity index (χ4n) is 3.39. The SMILES string of the molecule is NNC(=O)c1cnc2c(c1)C(=O)N([C@@H]1CCCC[C@H]1OC(N)=O)C2. The lowest BCUT2D eigenvalue weighted by Crippen LogP contribution is -2.48. The number of nitrogen functional groups attached to an aromatic ring is 1. The summed E-state index contributed by atoms with van der Waals surface area (Å²) in [5.41, 5.74) is 8.34. The van der Waals surface area contributed by atoms with Crippen LogP contribution in [0.4, 0.5) is 4.79 Å². The molecule has 0 radical (unpaired) electrons. The molecular weight excluding hydrogens is 314 g/mol. The molecule has 24 heavy (non-hydrogen) atoms. The van der Waals surface area contributed by atoms with Crippen LogP contribution in [-0.2, 0) is 11.3 Å². The Morgan fingerprint density at radius 1 is 1.33 bits per heavy atom. The number of primary amides is 1. The molecule has 0 bridgehead atoms. The van der Waals surface area contributed by atoms with Crippen molar-refractivity contribution in [3.8, 4) is 0 Å². The predicted molar refractivity (Wildman–Crippen MR) is 82.5 cm³/mol. The minimum atomic E-state index is -0.837. The Morgan fingerprint density at radius 2 is 2.08 bits per heavy atom. The van der Waals surface area contributed by atoms with Crippen LogP contribution in [0.3, 0.4) is 0 Å². The number of carbonyl (C=O) groups excluding carboxylic acids is 3. The lowest BCUT2D eigenvalue weighted by Gasteiger charge is -2.36. The van der Waals surface area contributed by atoms with Crippen LogP contribution >= 0.6 is 0 Å². The normalized spacial score (nSPS) is 22.9. The number of nitrogens with one attached hydrogen (secondary N) is 1. The smallest absolute Gasteiger partial charge is 0.404 e. The molecule has 1 aliphatic carbocycles. The number of nitrogens with two attached hydrogens (primary N) is 2. The number of rotatable bonds is 3. The van der Waals surface area contributed by atoms with E-state index in [-0.39, 0.29) is 17.5 Å². The molecule has 0 unspecified atom stereocenters. The highest BCUT2D eigenvalue weighted by Gasteiger charge is 2.40. The van der Waals surface area contributed by atoms with Crippen molar-refractivity contribution in [3.63, 3.8) is 0 Å². The van der Waals surface area contributed by atoms with E-state index >= 15 is 0 Å². The summed E-state index contributed by atoms with van der Waals surface area (Å²) < 4.78 is 5.19. The van der Waals surface area contributed by atoms with E-state index in [0.717, 1.165) is 19.3 Å². The van der Waals surface area contributed by atoms with E-state index in [1.54, 1.807) is 4.90 Å². The van der Waals surface area contributed by atoms with E-state index in [1.165, 1.54) is 12.3 Å². The zero-order valence-electron chi connectivity index (χ0n) is 13.0. The maximum absolute atomic E-state index is 12.7. The Morgan fingerprint density at radius 3 is 2.79 bits per heavy atom. The Hall–Kier alpha value is -2.68. The molecule has 1 fully saturated rings. The molecule has 1 saturated carbocycles. The van der Waals surface area contributed by atoms with E-state index < -0.39 is 18.1 Å². The number of hydrogen-bond acceptors (Lipinski definition) is 6. The van der Waals surface area contributed by atoms with E-state index in [1.807, 2.05) is 5.43 Å². The quantitative estimate of drug-likeness (QED) is 0.405. The van der Waals surface area contributed by atoms with Gasteiger partial charge in [0, 0.05) is 6.20 Å². The van der Waals surface area contributed by atoms with Gasteiger partial charge in [0.2, 0.25) is 0 Å². The van der Waals surface area contributed by atoms with Crippen LogP contribution in [0.15, 0.2) is 12.3 Å². The van der Waals surface area contributed by atoms with E-state index in [9.17, 15) is 14.4 Å². The first-order valence-corrected chi connectivity index (χ1v) is 7.78. The maximum Gasteiger partial charge on any atom is 0.404 e. The number of fused-ring (bicyclic) bond motifs is 1. The summed E-state index contributed by atoms with van der Waals surface area (Å²) in [5, 5.41) is 0. The summed E-state index contributed by atoms with van der Waals surface area (Å²) in [4.78, 5) is 41.3. The van der Waals surface area contributed by atoms with Crippen LogP contribution in [0.25, 0.3) is 0 Å². The fourth-order valence-corrected chi connectivity index (χ4v) is 3.39. The minimum absolute atomic E-state index is 0.222. The van der Waals surface area contributed by atoms with Gasteiger partial charge in [-0.1, -0.05) is 6.42 Å². The standard InChI is InChI=1S/C15H19N5O4/c16-15(23)24-12-4-2-1-3-11(12)20-7-10-9(14(20)22)5-8(6-18-10)13(21)19-17/h5-6,11-12H,1-4,7,17H2,(H2,16,23)(H,19,21)/t11-,12-/m1/s1. The average molecular weight is 333 g/mol. The summed E-state index contributed by atoms with van der Waals surface area (Å²) in [6.45, 7) is 0.321. The summed E-state index contributed by atoms with van der Waals surface area (Å²) in [5.74, 6) is 4.37. The third kappa shape index (κ3) is 2.90. The molecule has 1 aromatic rings. The largest absolute Gasteiger partial charge is 0.444 e. The molecule has 0 aromatic carbocycles. The number of carbonyl (C=O) groups is 3. The highest BCUT2D eigenvalue weighted by atomic mass is 16.6. The first-order chi connectivity index (χ1) is 11.5. The number of hydrazine groups is 1. The fraction of sp³-hybridized carbons (Fsp3) is 0.467. The maximum atomic E-state index is 12.7. The topological polar surface area (TPSA) is 141 Å². The summed E-state index contributed by atoms with van der Waals surface area (Å²) in [7, 11) is 0. The molecule has 3 rings (SSSR count). The van der Waals surface area contributed by atoms with Gasteiger partial charge in [0.1, 0.15) is 6.10 Å². The van der Waals surface area contributed by atoms with Crippen molar-refractivity contribution in [3.05, 3.63) is 29.1 Å². The van der Waals surface area contributed by atoms with Gasteiger partial charge in [0.05, 0.1) is 29.4 Å². The van der Waals surface area contributed by atoms with E-state index in [0.29, 0.717) is 24.2 Å². The average Bonchev–Trinajstić information content (AvgIpc) is 2.90. The second-order valence-electron chi connectivity index (χ2n) is 5.95. The van der Waals surface area contributed by atoms with Gasteiger partial charge in [-0.05, 0) is 25.3 Å². The molecule has 5 N–H and O–H groups in total. The van der Waals surface area contributed by atoms with Gasteiger partial charge in [0.25, 0.3) is 11.8 Å². The van der Waals surface area contributed by atoms with Crippen molar-refractivity contribution < 1.29 is 19.1 Å². The highest BCUT2D eigenvalue weighted by Crippen LogP contribution is 2.32. The Bertz CT molecular complexity index is 692. The predicted octanol–water partition coefficient (Wildman–Crippen LogP) is 0.0474. The van der Waals surface area contributed by atoms with Gasteiger partial charge in [0.15, 0.2) is 0 Å². The van der Waals surface area contributed by atoms with Crippen molar-refractivity contribution in [2.24, 2.45) is 11.6 Å². The highest BCUT2D eigenvalue weighted by molar-refractivity contribution is 6.01. The summed E-state index contributed by atoms with van der Waals surface area (Å²) in [6.07, 6.45) is 3.39. The monoisotopic (exact) mass is 333 g/mol. The Labute approximate surface area is 138 Å². The van der Waals surface area contributed by atoms with Gasteiger partial charge < -0.3 is 15.4 Å². The van der Waals surface area contributed by atoms with Crippen molar-refractivity contribution in [2.45, 2.75) is 44.4 Å². The first kappa shape index (κ1) is 16.2. The third-order valence-electron chi connectivity index (χ3n) is 4.51. The van der Waals surface area contributed by atoms with Crippen LogP contribution in [0.2, 0.25) is 0 Å². The van der Waals surface area contributed by atoms with Gasteiger partial charge in [-0.15, -0.1) is 0 Å².